The highest BCUT2D eigenvalue weighted by atomic mass is 19.4. The van der Waals surface area contributed by atoms with Crippen molar-refractivity contribution < 1.29 is 22.7 Å². The van der Waals surface area contributed by atoms with Crippen LogP contribution in [0.1, 0.15) is 18.9 Å². The molecule has 0 aromatic heterocycles. The first kappa shape index (κ1) is 17.6. The molecule has 0 spiro atoms. The maximum atomic E-state index is 12.8. The second-order valence-electron chi connectivity index (χ2n) is 5.58. The number of nitrogens with zero attached hydrogens (tertiary/aromatic N) is 1. The Morgan fingerprint density at radius 2 is 2.22 bits per heavy atom. The van der Waals surface area contributed by atoms with E-state index in [9.17, 15) is 18.0 Å². The number of nitrogen functional groups attached to an aromatic ring is 1. The van der Waals surface area contributed by atoms with Gasteiger partial charge in [0.15, 0.2) is 0 Å². The van der Waals surface area contributed by atoms with E-state index < -0.39 is 11.7 Å². The number of nitrogens with two attached hydrogens (primary N) is 1. The van der Waals surface area contributed by atoms with Gasteiger partial charge < -0.3 is 15.8 Å². The number of ether oxygens (including phenoxy) is 1. The monoisotopic (exact) mass is 331 g/mol. The summed E-state index contributed by atoms with van der Waals surface area (Å²) in [6.45, 7) is 4.61. The van der Waals surface area contributed by atoms with E-state index in [2.05, 4.69) is 10.2 Å². The normalized spacial score (nSPS) is 19.6. The van der Waals surface area contributed by atoms with Crippen molar-refractivity contribution in [1.29, 1.82) is 0 Å². The van der Waals surface area contributed by atoms with E-state index in [1.54, 1.807) is 0 Å². The number of morpholine rings is 1. The average molecular weight is 331 g/mol. The van der Waals surface area contributed by atoms with Crippen LogP contribution in [0.25, 0.3) is 0 Å². The molecule has 3 N–H and O–H groups in total. The van der Waals surface area contributed by atoms with Gasteiger partial charge in [-0.2, -0.15) is 13.2 Å². The maximum absolute atomic E-state index is 12.8. The number of hydrogen-bond donors (Lipinski definition) is 2. The van der Waals surface area contributed by atoms with Gasteiger partial charge in [0, 0.05) is 37.4 Å². The molecule has 1 amide bonds. The van der Waals surface area contributed by atoms with Crippen LogP contribution in [0.15, 0.2) is 18.2 Å². The number of carbonyl (C=O) groups excluding carboxylic acids is 1. The van der Waals surface area contributed by atoms with Crippen molar-refractivity contribution in [3.8, 4) is 0 Å². The summed E-state index contributed by atoms with van der Waals surface area (Å²) in [5.41, 5.74) is 4.10. The molecule has 1 aliphatic heterocycles. The molecule has 0 saturated carbocycles. The first-order chi connectivity index (χ1) is 10.8. The SMILES string of the molecule is CC1CN(CCC(=O)Nc2ccc(N)c(C(F)(F)F)c2)CCO1. The lowest BCUT2D eigenvalue weighted by molar-refractivity contribution is -0.136. The minimum atomic E-state index is -4.55. The highest BCUT2D eigenvalue weighted by Gasteiger charge is 2.33. The molecule has 1 heterocycles. The molecule has 1 aromatic rings. The third-order valence-corrected chi connectivity index (χ3v) is 3.62. The Balaban J connectivity index is 1.90. The first-order valence-electron chi connectivity index (χ1n) is 7.36. The van der Waals surface area contributed by atoms with E-state index in [-0.39, 0.29) is 29.8 Å². The number of halogens is 3. The fourth-order valence-electron chi connectivity index (χ4n) is 2.46. The molecule has 1 atom stereocenters. The molecule has 1 saturated heterocycles. The zero-order valence-corrected chi connectivity index (χ0v) is 12.8. The molecule has 0 bridgehead atoms. The molecule has 8 heteroatoms. The van der Waals surface area contributed by atoms with E-state index in [0.717, 1.165) is 25.2 Å². The van der Waals surface area contributed by atoms with Crippen LogP contribution in [-0.4, -0.2) is 43.2 Å². The number of alkyl halides is 3. The van der Waals surface area contributed by atoms with Crippen molar-refractivity contribution in [1.82, 2.24) is 4.90 Å². The summed E-state index contributed by atoms with van der Waals surface area (Å²) in [6, 6.07) is 3.35. The van der Waals surface area contributed by atoms with Gasteiger partial charge in [-0.05, 0) is 25.1 Å². The van der Waals surface area contributed by atoms with Crippen LogP contribution in [0.4, 0.5) is 24.5 Å². The van der Waals surface area contributed by atoms with Gasteiger partial charge in [-0.1, -0.05) is 0 Å². The fourth-order valence-corrected chi connectivity index (χ4v) is 2.46. The van der Waals surface area contributed by atoms with Gasteiger partial charge in [0.1, 0.15) is 0 Å². The van der Waals surface area contributed by atoms with Crippen LogP contribution in [0.2, 0.25) is 0 Å². The number of anilines is 2. The van der Waals surface area contributed by atoms with Gasteiger partial charge in [0.2, 0.25) is 5.91 Å². The number of nitrogens with one attached hydrogen (secondary N) is 1. The Morgan fingerprint density at radius 1 is 1.48 bits per heavy atom. The lowest BCUT2D eigenvalue weighted by Gasteiger charge is -2.30. The largest absolute Gasteiger partial charge is 0.418 e. The highest BCUT2D eigenvalue weighted by molar-refractivity contribution is 5.91. The lowest BCUT2D eigenvalue weighted by atomic mass is 10.1. The molecule has 23 heavy (non-hydrogen) atoms. The number of hydrogen-bond acceptors (Lipinski definition) is 4. The second-order valence-corrected chi connectivity index (χ2v) is 5.58. The van der Waals surface area contributed by atoms with Crippen molar-refractivity contribution >= 4 is 17.3 Å². The number of amides is 1. The lowest BCUT2D eigenvalue weighted by Crippen LogP contribution is -2.42. The summed E-state index contributed by atoms with van der Waals surface area (Å²) in [6.07, 6.45) is -4.22. The Kier molecular flexibility index (Phi) is 5.48. The topological polar surface area (TPSA) is 67.6 Å². The maximum Gasteiger partial charge on any atom is 0.418 e. The molecular weight excluding hydrogens is 311 g/mol. The van der Waals surface area contributed by atoms with Gasteiger partial charge in [-0.25, -0.2) is 0 Å². The van der Waals surface area contributed by atoms with Gasteiger partial charge >= 0.3 is 6.18 Å². The Morgan fingerprint density at radius 3 is 2.87 bits per heavy atom. The summed E-state index contributed by atoms with van der Waals surface area (Å²) in [4.78, 5) is 14.0. The molecular formula is C15H20F3N3O2. The van der Waals surface area contributed by atoms with Crippen molar-refractivity contribution in [2.24, 2.45) is 0 Å². The number of benzene rings is 1. The molecule has 5 nitrogen and oxygen atoms in total. The van der Waals surface area contributed by atoms with Crippen LogP contribution >= 0.6 is 0 Å². The molecule has 1 unspecified atom stereocenters. The molecule has 128 valence electrons. The summed E-state index contributed by atoms with van der Waals surface area (Å²) in [5, 5.41) is 2.48. The van der Waals surface area contributed by atoms with E-state index in [1.165, 1.54) is 6.07 Å². The van der Waals surface area contributed by atoms with Gasteiger partial charge in [-0.15, -0.1) is 0 Å². The second kappa shape index (κ2) is 7.18. The predicted molar refractivity (Wildman–Crippen MR) is 81.0 cm³/mol. The van der Waals surface area contributed by atoms with Crippen LogP contribution in [0.3, 0.4) is 0 Å². The van der Waals surface area contributed by atoms with Gasteiger partial charge in [0.05, 0.1) is 18.3 Å². The third kappa shape index (κ3) is 5.11. The molecule has 1 aliphatic rings. The van der Waals surface area contributed by atoms with E-state index in [1.807, 2.05) is 6.92 Å². The minimum absolute atomic E-state index is 0.0897. The zero-order valence-electron chi connectivity index (χ0n) is 12.8. The Bertz CT molecular complexity index is 563. The van der Waals surface area contributed by atoms with Crippen LogP contribution in [0.5, 0.6) is 0 Å². The summed E-state index contributed by atoms with van der Waals surface area (Å²) >= 11 is 0. The van der Waals surface area contributed by atoms with Crippen molar-refractivity contribution in [3.05, 3.63) is 23.8 Å². The van der Waals surface area contributed by atoms with Gasteiger partial charge in [0.25, 0.3) is 0 Å². The van der Waals surface area contributed by atoms with Crippen molar-refractivity contribution in [2.45, 2.75) is 25.6 Å². The van der Waals surface area contributed by atoms with E-state index >= 15 is 0 Å². The van der Waals surface area contributed by atoms with Gasteiger partial charge in [-0.3, -0.25) is 9.69 Å². The third-order valence-electron chi connectivity index (χ3n) is 3.62. The highest BCUT2D eigenvalue weighted by Crippen LogP contribution is 2.35. The molecule has 0 aliphatic carbocycles. The van der Waals surface area contributed by atoms with Crippen LogP contribution in [-0.2, 0) is 15.7 Å². The molecule has 0 radical (unpaired) electrons. The van der Waals surface area contributed by atoms with Crippen molar-refractivity contribution in [3.63, 3.8) is 0 Å². The standard InChI is InChI=1S/C15H20F3N3O2/c1-10-9-21(6-7-23-10)5-4-14(22)20-11-2-3-13(19)12(8-11)15(16,17)18/h2-3,8,10H,4-7,9,19H2,1H3,(H,20,22). The predicted octanol–water partition coefficient (Wildman–Crippen LogP) is 2.34. The summed E-state index contributed by atoms with van der Waals surface area (Å²) < 4.78 is 43.8. The first-order valence-corrected chi connectivity index (χ1v) is 7.36. The van der Waals surface area contributed by atoms with Crippen molar-refractivity contribution in [2.75, 3.05) is 37.3 Å². The van der Waals surface area contributed by atoms with Crippen LogP contribution in [0, 0.1) is 0 Å². The average Bonchev–Trinajstić information content (AvgIpc) is 2.46. The molecule has 1 aromatic carbocycles. The quantitative estimate of drug-likeness (QED) is 0.831. The number of carbonyl (C=O) groups is 1. The van der Waals surface area contributed by atoms with Crippen LogP contribution < -0.4 is 11.1 Å². The Hall–Kier alpha value is -1.80. The zero-order chi connectivity index (χ0) is 17.0. The smallest absolute Gasteiger partial charge is 0.398 e. The fraction of sp³-hybridized carbons (Fsp3) is 0.533. The molecule has 1 fully saturated rings. The summed E-state index contributed by atoms with van der Waals surface area (Å²) in [5.74, 6) is -0.331. The Labute approximate surface area is 132 Å². The van der Waals surface area contributed by atoms with E-state index in [0.29, 0.717) is 13.2 Å². The molecule has 2 rings (SSSR count). The summed E-state index contributed by atoms with van der Waals surface area (Å²) in [7, 11) is 0. The van der Waals surface area contributed by atoms with E-state index in [4.69, 9.17) is 10.5 Å². The number of rotatable bonds is 4. The minimum Gasteiger partial charge on any atom is -0.398 e.